The standard InChI is InChI=1S/C19H26N4O/c1-18(2,3)13-7-9-14(10-8-13)22-16-11-15(20-12-21-16)17(24)23-19(4,5)6/h7-12H,1-6H3,(H,23,24)(H,20,21,22). The first kappa shape index (κ1) is 17.9. The monoisotopic (exact) mass is 326 g/mol. The molecule has 5 nitrogen and oxygen atoms in total. The first-order valence-corrected chi connectivity index (χ1v) is 8.07. The SMILES string of the molecule is CC(C)(C)NC(=O)c1cc(Nc2ccc(C(C)(C)C)cc2)ncn1. The molecule has 0 saturated heterocycles. The van der Waals surface area contributed by atoms with Gasteiger partial charge in [0.25, 0.3) is 5.91 Å². The normalized spacial score (nSPS) is 11.9. The summed E-state index contributed by atoms with van der Waals surface area (Å²) < 4.78 is 0. The lowest BCUT2D eigenvalue weighted by Gasteiger charge is -2.20. The van der Waals surface area contributed by atoms with Crippen LogP contribution in [0.4, 0.5) is 11.5 Å². The minimum atomic E-state index is -0.307. The van der Waals surface area contributed by atoms with E-state index in [0.717, 1.165) is 5.69 Å². The zero-order valence-corrected chi connectivity index (χ0v) is 15.3. The summed E-state index contributed by atoms with van der Waals surface area (Å²) in [6.45, 7) is 12.3. The Balaban J connectivity index is 2.13. The van der Waals surface area contributed by atoms with Gasteiger partial charge in [-0.25, -0.2) is 9.97 Å². The number of anilines is 2. The number of carbonyl (C=O) groups excluding carboxylic acids is 1. The molecule has 0 radical (unpaired) electrons. The molecule has 0 fully saturated rings. The highest BCUT2D eigenvalue weighted by Crippen LogP contribution is 2.24. The maximum absolute atomic E-state index is 12.2. The van der Waals surface area contributed by atoms with Crippen molar-refractivity contribution in [3.8, 4) is 0 Å². The van der Waals surface area contributed by atoms with Crippen molar-refractivity contribution in [2.24, 2.45) is 0 Å². The van der Waals surface area contributed by atoms with Crippen LogP contribution in [0, 0.1) is 0 Å². The molecule has 128 valence electrons. The van der Waals surface area contributed by atoms with E-state index >= 15 is 0 Å². The van der Waals surface area contributed by atoms with E-state index in [1.807, 2.05) is 32.9 Å². The Bertz CT molecular complexity index is 709. The Kier molecular flexibility index (Phi) is 4.92. The van der Waals surface area contributed by atoms with Crippen LogP contribution in [0.15, 0.2) is 36.7 Å². The van der Waals surface area contributed by atoms with Gasteiger partial charge in [0.05, 0.1) is 0 Å². The summed E-state index contributed by atoms with van der Waals surface area (Å²) in [6, 6.07) is 9.86. The summed E-state index contributed by atoms with van der Waals surface area (Å²) >= 11 is 0. The summed E-state index contributed by atoms with van der Waals surface area (Å²) in [5.41, 5.74) is 2.34. The molecule has 0 atom stereocenters. The molecular formula is C19H26N4O. The Morgan fingerprint density at radius 1 is 0.958 bits per heavy atom. The van der Waals surface area contributed by atoms with Crippen LogP contribution >= 0.6 is 0 Å². The molecular weight excluding hydrogens is 300 g/mol. The topological polar surface area (TPSA) is 66.9 Å². The van der Waals surface area contributed by atoms with Crippen molar-refractivity contribution >= 4 is 17.4 Å². The van der Waals surface area contributed by atoms with Crippen molar-refractivity contribution in [1.82, 2.24) is 15.3 Å². The van der Waals surface area contributed by atoms with Gasteiger partial charge < -0.3 is 10.6 Å². The van der Waals surface area contributed by atoms with E-state index in [2.05, 4.69) is 53.5 Å². The molecule has 0 aliphatic heterocycles. The Morgan fingerprint density at radius 2 is 1.58 bits per heavy atom. The van der Waals surface area contributed by atoms with Crippen LogP contribution < -0.4 is 10.6 Å². The van der Waals surface area contributed by atoms with Crippen LogP contribution in [0.3, 0.4) is 0 Å². The minimum absolute atomic E-state index is 0.117. The lowest BCUT2D eigenvalue weighted by molar-refractivity contribution is 0.0914. The molecule has 1 heterocycles. The van der Waals surface area contributed by atoms with Gasteiger partial charge in [0.1, 0.15) is 17.8 Å². The van der Waals surface area contributed by atoms with Gasteiger partial charge in [-0.3, -0.25) is 4.79 Å². The largest absolute Gasteiger partial charge is 0.346 e. The van der Waals surface area contributed by atoms with Gasteiger partial charge in [0.15, 0.2) is 0 Å². The third-order valence-electron chi connectivity index (χ3n) is 3.41. The highest BCUT2D eigenvalue weighted by Gasteiger charge is 2.17. The van der Waals surface area contributed by atoms with Crippen molar-refractivity contribution in [2.45, 2.75) is 52.5 Å². The van der Waals surface area contributed by atoms with E-state index < -0.39 is 0 Å². The fraction of sp³-hybridized carbons (Fsp3) is 0.421. The highest BCUT2D eigenvalue weighted by atomic mass is 16.2. The zero-order chi connectivity index (χ0) is 18.0. The number of amides is 1. The van der Waals surface area contributed by atoms with Gasteiger partial charge in [-0.05, 0) is 43.9 Å². The van der Waals surface area contributed by atoms with E-state index in [1.54, 1.807) is 6.07 Å². The summed E-state index contributed by atoms with van der Waals surface area (Å²) in [6.07, 6.45) is 1.39. The van der Waals surface area contributed by atoms with Crippen molar-refractivity contribution in [2.75, 3.05) is 5.32 Å². The number of nitrogens with zero attached hydrogens (tertiary/aromatic N) is 2. The molecule has 0 aliphatic rings. The maximum Gasteiger partial charge on any atom is 0.270 e. The summed E-state index contributed by atoms with van der Waals surface area (Å²) in [7, 11) is 0. The maximum atomic E-state index is 12.2. The Labute approximate surface area is 143 Å². The molecule has 2 aromatic rings. The minimum Gasteiger partial charge on any atom is -0.346 e. The number of nitrogens with one attached hydrogen (secondary N) is 2. The van der Waals surface area contributed by atoms with Crippen molar-refractivity contribution < 1.29 is 4.79 Å². The average Bonchev–Trinajstić information content (AvgIpc) is 2.45. The third-order valence-corrected chi connectivity index (χ3v) is 3.41. The molecule has 0 aliphatic carbocycles. The van der Waals surface area contributed by atoms with E-state index in [9.17, 15) is 4.79 Å². The first-order valence-electron chi connectivity index (χ1n) is 8.07. The van der Waals surface area contributed by atoms with Gasteiger partial charge in [0.2, 0.25) is 0 Å². The zero-order valence-electron chi connectivity index (χ0n) is 15.3. The van der Waals surface area contributed by atoms with Crippen LogP contribution in [0.1, 0.15) is 57.6 Å². The number of carbonyl (C=O) groups is 1. The number of aromatic nitrogens is 2. The third kappa shape index (κ3) is 5.05. The lowest BCUT2D eigenvalue weighted by atomic mass is 9.87. The second kappa shape index (κ2) is 6.59. The number of rotatable bonds is 3. The number of hydrogen-bond acceptors (Lipinski definition) is 4. The lowest BCUT2D eigenvalue weighted by Crippen LogP contribution is -2.40. The molecule has 24 heavy (non-hydrogen) atoms. The van der Waals surface area contributed by atoms with Gasteiger partial charge in [0, 0.05) is 17.3 Å². The van der Waals surface area contributed by atoms with Crippen molar-refractivity contribution in [1.29, 1.82) is 0 Å². The molecule has 1 aromatic heterocycles. The molecule has 1 aromatic carbocycles. The molecule has 2 N–H and O–H groups in total. The van der Waals surface area contributed by atoms with Gasteiger partial charge in [-0.15, -0.1) is 0 Å². The van der Waals surface area contributed by atoms with Gasteiger partial charge >= 0.3 is 0 Å². The van der Waals surface area contributed by atoms with Crippen molar-refractivity contribution in [3.05, 3.63) is 47.9 Å². The summed E-state index contributed by atoms with van der Waals surface area (Å²) in [5, 5.41) is 6.10. The number of hydrogen-bond donors (Lipinski definition) is 2. The van der Waals surface area contributed by atoms with Crippen LogP contribution in [-0.4, -0.2) is 21.4 Å². The van der Waals surface area contributed by atoms with Crippen LogP contribution in [0.5, 0.6) is 0 Å². The molecule has 0 unspecified atom stereocenters. The Hall–Kier alpha value is -2.43. The van der Waals surface area contributed by atoms with Crippen LogP contribution in [0.2, 0.25) is 0 Å². The molecule has 0 bridgehead atoms. The van der Waals surface area contributed by atoms with E-state index in [1.165, 1.54) is 11.9 Å². The predicted octanol–water partition coefficient (Wildman–Crippen LogP) is 4.05. The Morgan fingerprint density at radius 3 is 2.12 bits per heavy atom. The van der Waals surface area contributed by atoms with Gasteiger partial charge in [-0.1, -0.05) is 32.9 Å². The quantitative estimate of drug-likeness (QED) is 0.893. The molecule has 2 rings (SSSR count). The average molecular weight is 326 g/mol. The van der Waals surface area contributed by atoms with Crippen molar-refractivity contribution in [3.63, 3.8) is 0 Å². The highest BCUT2D eigenvalue weighted by molar-refractivity contribution is 5.93. The fourth-order valence-corrected chi connectivity index (χ4v) is 2.16. The number of benzene rings is 1. The van der Waals surface area contributed by atoms with Crippen LogP contribution in [0.25, 0.3) is 0 Å². The first-order chi connectivity index (χ1) is 11.0. The molecule has 5 heteroatoms. The molecule has 0 saturated carbocycles. The summed E-state index contributed by atoms with van der Waals surface area (Å²) in [4.78, 5) is 20.4. The second-order valence-corrected chi connectivity index (χ2v) is 7.94. The predicted molar refractivity (Wildman–Crippen MR) is 97.7 cm³/mol. The summed E-state index contributed by atoms with van der Waals surface area (Å²) in [5.74, 6) is 0.378. The van der Waals surface area contributed by atoms with Crippen LogP contribution in [-0.2, 0) is 5.41 Å². The van der Waals surface area contributed by atoms with E-state index in [-0.39, 0.29) is 16.9 Å². The molecule has 1 amide bonds. The fourth-order valence-electron chi connectivity index (χ4n) is 2.16. The smallest absolute Gasteiger partial charge is 0.270 e. The molecule has 0 spiro atoms. The van der Waals surface area contributed by atoms with E-state index in [0.29, 0.717) is 11.5 Å². The van der Waals surface area contributed by atoms with E-state index in [4.69, 9.17) is 0 Å². The second-order valence-electron chi connectivity index (χ2n) is 7.94. The van der Waals surface area contributed by atoms with Gasteiger partial charge in [-0.2, -0.15) is 0 Å².